The summed E-state index contributed by atoms with van der Waals surface area (Å²) in [5.41, 5.74) is 2.72. The summed E-state index contributed by atoms with van der Waals surface area (Å²) in [6, 6.07) is 0. The standard InChI is InChI=1S/C13H18N8/c1-4-5-8-9-10(21(3)20-8)11(18-12(14-2)17-9)19-13-15-6-7-16-13/h6-7H,4-5H2,1-3H3,(H3,14,15,16,17,18,19). The average molecular weight is 286 g/mol. The van der Waals surface area contributed by atoms with E-state index < -0.39 is 0 Å². The Morgan fingerprint density at radius 3 is 2.86 bits per heavy atom. The normalized spacial score (nSPS) is 11.0. The third-order valence-corrected chi connectivity index (χ3v) is 3.20. The Morgan fingerprint density at radius 2 is 2.19 bits per heavy atom. The number of hydrogen-bond acceptors (Lipinski definition) is 6. The number of fused-ring (bicyclic) bond motifs is 1. The first-order valence-corrected chi connectivity index (χ1v) is 6.90. The van der Waals surface area contributed by atoms with Gasteiger partial charge in [-0.25, -0.2) is 9.97 Å². The van der Waals surface area contributed by atoms with Crippen LogP contribution in [0.3, 0.4) is 0 Å². The van der Waals surface area contributed by atoms with Crippen molar-refractivity contribution in [2.45, 2.75) is 19.8 Å². The molecule has 3 rings (SSSR count). The molecule has 0 atom stereocenters. The lowest BCUT2D eigenvalue weighted by molar-refractivity contribution is 0.753. The van der Waals surface area contributed by atoms with Crippen LogP contribution in [0.1, 0.15) is 19.0 Å². The van der Waals surface area contributed by atoms with E-state index in [0.717, 1.165) is 29.6 Å². The molecule has 21 heavy (non-hydrogen) atoms. The minimum atomic E-state index is 0.557. The van der Waals surface area contributed by atoms with Crippen LogP contribution in [0.5, 0.6) is 0 Å². The molecule has 0 unspecified atom stereocenters. The molecule has 0 radical (unpaired) electrons. The van der Waals surface area contributed by atoms with Crippen molar-refractivity contribution >= 4 is 28.7 Å². The quantitative estimate of drug-likeness (QED) is 0.662. The van der Waals surface area contributed by atoms with Crippen LogP contribution in [0.15, 0.2) is 12.4 Å². The maximum atomic E-state index is 4.56. The molecule has 3 heterocycles. The summed E-state index contributed by atoms with van der Waals surface area (Å²) in [7, 11) is 3.70. The molecule has 3 aromatic heterocycles. The zero-order valence-electron chi connectivity index (χ0n) is 12.3. The molecule has 0 aliphatic rings. The lowest BCUT2D eigenvalue weighted by atomic mass is 10.2. The van der Waals surface area contributed by atoms with Crippen molar-refractivity contribution in [1.29, 1.82) is 0 Å². The molecule has 3 aromatic rings. The molecule has 0 saturated carbocycles. The number of aryl methyl sites for hydroxylation is 2. The van der Waals surface area contributed by atoms with Crippen molar-refractivity contribution in [2.75, 3.05) is 17.7 Å². The largest absolute Gasteiger partial charge is 0.357 e. The molecule has 8 nitrogen and oxygen atoms in total. The molecule has 0 aliphatic carbocycles. The van der Waals surface area contributed by atoms with Crippen LogP contribution in [0, 0.1) is 0 Å². The predicted molar refractivity (Wildman–Crippen MR) is 81.7 cm³/mol. The van der Waals surface area contributed by atoms with Crippen molar-refractivity contribution in [3.63, 3.8) is 0 Å². The Balaban J connectivity index is 2.17. The van der Waals surface area contributed by atoms with Crippen molar-refractivity contribution in [3.8, 4) is 0 Å². The van der Waals surface area contributed by atoms with Crippen molar-refractivity contribution in [3.05, 3.63) is 18.1 Å². The van der Waals surface area contributed by atoms with Gasteiger partial charge in [0.2, 0.25) is 11.9 Å². The van der Waals surface area contributed by atoms with Crippen LogP contribution in [-0.4, -0.2) is 36.8 Å². The summed E-state index contributed by atoms with van der Waals surface area (Å²) in [6.07, 6.45) is 5.35. The van der Waals surface area contributed by atoms with Gasteiger partial charge >= 0.3 is 0 Å². The summed E-state index contributed by atoms with van der Waals surface area (Å²) in [5.74, 6) is 1.87. The molecular formula is C13H18N8. The fourth-order valence-electron chi connectivity index (χ4n) is 2.29. The van der Waals surface area contributed by atoms with E-state index in [9.17, 15) is 0 Å². The lowest BCUT2D eigenvalue weighted by Crippen LogP contribution is -2.04. The Bertz CT molecular complexity index is 743. The van der Waals surface area contributed by atoms with Crippen molar-refractivity contribution in [2.24, 2.45) is 7.05 Å². The van der Waals surface area contributed by atoms with E-state index in [1.54, 1.807) is 19.4 Å². The van der Waals surface area contributed by atoms with Gasteiger partial charge in [0, 0.05) is 26.5 Å². The average Bonchev–Trinajstić information content (AvgIpc) is 3.08. The topological polar surface area (TPSA) is 96.3 Å². The van der Waals surface area contributed by atoms with E-state index in [0.29, 0.717) is 17.7 Å². The Labute approximate surface area is 122 Å². The molecule has 0 spiro atoms. The van der Waals surface area contributed by atoms with Gasteiger partial charge in [-0.2, -0.15) is 10.1 Å². The highest BCUT2D eigenvalue weighted by Gasteiger charge is 2.17. The van der Waals surface area contributed by atoms with Gasteiger partial charge in [-0.3, -0.25) is 4.68 Å². The van der Waals surface area contributed by atoms with Gasteiger partial charge in [0.1, 0.15) is 11.0 Å². The van der Waals surface area contributed by atoms with Crippen molar-refractivity contribution < 1.29 is 0 Å². The number of imidazole rings is 1. The van der Waals surface area contributed by atoms with Gasteiger partial charge in [0.05, 0.1) is 5.69 Å². The molecule has 110 valence electrons. The molecular weight excluding hydrogens is 268 g/mol. The van der Waals surface area contributed by atoms with Crippen LogP contribution >= 0.6 is 0 Å². The molecule has 0 aliphatic heterocycles. The molecule has 0 fully saturated rings. The van der Waals surface area contributed by atoms with Gasteiger partial charge in [-0.1, -0.05) is 13.3 Å². The Morgan fingerprint density at radius 1 is 1.33 bits per heavy atom. The third kappa shape index (κ3) is 2.39. The van der Waals surface area contributed by atoms with Crippen LogP contribution in [-0.2, 0) is 13.5 Å². The van der Waals surface area contributed by atoms with E-state index in [-0.39, 0.29) is 0 Å². The molecule has 0 amide bonds. The third-order valence-electron chi connectivity index (χ3n) is 3.20. The highest BCUT2D eigenvalue weighted by Crippen LogP contribution is 2.26. The number of rotatable bonds is 5. The minimum Gasteiger partial charge on any atom is -0.357 e. The molecule has 0 saturated heterocycles. The van der Waals surface area contributed by atoms with E-state index in [1.807, 2.05) is 11.7 Å². The number of nitrogens with one attached hydrogen (secondary N) is 3. The van der Waals surface area contributed by atoms with Gasteiger partial charge in [0.15, 0.2) is 5.82 Å². The minimum absolute atomic E-state index is 0.557. The van der Waals surface area contributed by atoms with Crippen LogP contribution in [0.4, 0.5) is 17.7 Å². The fourth-order valence-corrected chi connectivity index (χ4v) is 2.29. The molecule has 3 N–H and O–H groups in total. The zero-order chi connectivity index (χ0) is 14.8. The second kappa shape index (κ2) is 5.39. The van der Waals surface area contributed by atoms with E-state index in [2.05, 4.69) is 42.6 Å². The summed E-state index contributed by atoms with van der Waals surface area (Å²) in [4.78, 5) is 16.2. The number of H-pyrrole nitrogens is 1. The molecule has 8 heteroatoms. The summed E-state index contributed by atoms with van der Waals surface area (Å²) < 4.78 is 1.81. The first kappa shape index (κ1) is 13.3. The monoisotopic (exact) mass is 286 g/mol. The summed E-state index contributed by atoms with van der Waals surface area (Å²) >= 11 is 0. The number of hydrogen-bond donors (Lipinski definition) is 3. The number of nitrogens with zero attached hydrogens (tertiary/aromatic N) is 5. The van der Waals surface area contributed by atoms with Gasteiger partial charge < -0.3 is 15.6 Å². The van der Waals surface area contributed by atoms with Gasteiger partial charge in [-0.15, -0.1) is 0 Å². The smallest absolute Gasteiger partial charge is 0.225 e. The number of aromatic nitrogens is 6. The van der Waals surface area contributed by atoms with Gasteiger partial charge in [0.25, 0.3) is 0 Å². The number of aromatic amines is 1. The SMILES string of the molecule is CCCc1nn(C)c2c(Nc3ncc[nH]3)nc(NC)nc12. The van der Waals surface area contributed by atoms with Crippen LogP contribution < -0.4 is 10.6 Å². The first-order valence-electron chi connectivity index (χ1n) is 6.90. The maximum absolute atomic E-state index is 4.56. The Kier molecular flexibility index (Phi) is 3.43. The molecule has 0 aromatic carbocycles. The van der Waals surface area contributed by atoms with Crippen LogP contribution in [0.25, 0.3) is 11.0 Å². The second-order valence-electron chi connectivity index (χ2n) is 4.73. The zero-order valence-corrected chi connectivity index (χ0v) is 12.3. The van der Waals surface area contributed by atoms with Crippen molar-refractivity contribution in [1.82, 2.24) is 29.7 Å². The van der Waals surface area contributed by atoms with E-state index in [1.165, 1.54) is 0 Å². The van der Waals surface area contributed by atoms with E-state index >= 15 is 0 Å². The number of anilines is 3. The summed E-state index contributed by atoms with van der Waals surface area (Å²) in [5, 5.41) is 10.7. The molecule has 0 bridgehead atoms. The lowest BCUT2D eigenvalue weighted by Gasteiger charge is -2.07. The van der Waals surface area contributed by atoms with Gasteiger partial charge in [-0.05, 0) is 6.42 Å². The predicted octanol–water partition coefficient (Wildman–Crippen LogP) is 1.82. The van der Waals surface area contributed by atoms with Crippen LogP contribution in [0.2, 0.25) is 0 Å². The first-order chi connectivity index (χ1) is 10.2. The second-order valence-corrected chi connectivity index (χ2v) is 4.73. The highest BCUT2D eigenvalue weighted by atomic mass is 15.3. The Hall–Kier alpha value is -2.64. The maximum Gasteiger partial charge on any atom is 0.225 e. The van der Waals surface area contributed by atoms with E-state index in [4.69, 9.17) is 0 Å². The summed E-state index contributed by atoms with van der Waals surface area (Å²) in [6.45, 7) is 2.13. The highest BCUT2D eigenvalue weighted by molar-refractivity contribution is 5.90. The fraction of sp³-hybridized carbons (Fsp3) is 0.385.